The molecular weight excluding hydrogens is 252 g/mol. The molecule has 0 aliphatic carbocycles. The highest BCUT2D eigenvalue weighted by atomic mass is 16.2. The molecule has 1 aromatic carbocycles. The number of nitrogens with zero attached hydrogens (tertiary/aromatic N) is 1. The van der Waals surface area contributed by atoms with E-state index in [1.165, 1.54) is 0 Å². The predicted molar refractivity (Wildman–Crippen MR) is 76.0 cm³/mol. The molecule has 3 rings (SSSR count). The van der Waals surface area contributed by atoms with Crippen molar-refractivity contribution in [2.75, 3.05) is 0 Å². The number of fused-ring (bicyclic) bond motifs is 1. The molecule has 4 nitrogen and oxygen atoms in total. The highest BCUT2D eigenvalue weighted by molar-refractivity contribution is 6.00. The first-order valence-corrected chi connectivity index (χ1v) is 6.88. The molecule has 2 atom stereocenters. The lowest BCUT2D eigenvalue weighted by atomic mass is 9.78. The van der Waals surface area contributed by atoms with E-state index in [-0.39, 0.29) is 23.7 Å². The summed E-state index contributed by atoms with van der Waals surface area (Å²) in [6.07, 6.45) is 2.81. The summed E-state index contributed by atoms with van der Waals surface area (Å²) in [5.74, 6) is -0.612. The van der Waals surface area contributed by atoms with Crippen molar-refractivity contribution in [1.82, 2.24) is 10.3 Å². The minimum atomic E-state index is -0.197. The van der Waals surface area contributed by atoms with Crippen molar-refractivity contribution in [1.29, 1.82) is 0 Å². The third-order valence-corrected chi connectivity index (χ3v) is 3.99. The van der Waals surface area contributed by atoms with Crippen molar-refractivity contribution in [3.63, 3.8) is 0 Å². The van der Waals surface area contributed by atoms with Crippen LogP contribution in [0.2, 0.25) is 0 Å². The molecule has 0 bridgehead atoms. The first-order valence-electron chi connectivity index (χ1n) is 6.88. The normalized spacial score (nSPS) is 22.9. The molecule has 1 saturated heterocycles. The topological polar surface area (TPSA) is 59.1 Å². The van der Waals surface area contributed by atoms with Gasteiger partial charge in [0.2, 0.25) is 11.8 Å². The number of pyridine rings is 1. The van der Waals surface area contributed by atoms with Gasteiger partial charge in [-0.2, -0.15) is 0 Å². The van der Waals surface area contributed by atoms with Gasteiger partial charge in [-0.15, -0.1) is 0 Å². The molecule has 1 aliphatic heterocycles. The number of hydrogen-bond acceptors (Lipinski definition) is 3. The zero-order chi connectivity index (χ0) is 14.1. The van der Waals surface area contributed by atoms with Crippen molar-refractivity contribution in [3.8, 4) is 0 Å². The van der Waals surface area contributed by atoms with Gasteiger partial charge in [0.25, 0.3) is 0 Å². The molecule has 2 unspecified atom stereocenters. The molecule has 0 saturated carbocycles. The van der Waals surface area contributed by atoms with E-state index in [1.807, 2.05) is 37.3 Å². The molecule has 20 heavy (non-hydrogen) atoms. The van der Waals surface area contributed by atoms with E-state index in [0.29, 0.717) is 12.8 Å². The van der Waals surface area contributed by atoms with Crippen LogP contribution in [0.5, 0.6) is 0 Å². The Morgan fingerprint density at radius 3 is 2.85 bits per heavy atom. The summed E-state index contributed by atoms with van der Waals surface area (Å²) >= 11 is 0. The van der Waals surface area contributed by atoms with Crippen LogP contribution in [0.1, 0.15) is 31.2 Å². The number of para-hydroxylation sites is 1. The molecule has 2 heterocycles. The first-order chi connectivity index (χ1) is 9.70. The smallest absolute Gasteiger partial charge is 0.230 e. The zero-order valence-electron chi connectivity index (χ0n) is 11.3. The van der Waals surface area contributed by atoms with Crippen LogP contribution in [-0.4, -0.2) is 16.8 Å². The van der Waals surface area contributed by atoms with Crippen LogP contribution >= 0.6 is 0 Å². The fourth-order valence-corrected chi connectivity index (χ4v) is 3.03. The number of imide groups is 1. The second-order valence-electron chi connectivity index (χ2n) is 5.16. The molecule has 0 radical (unpaired) electrons. The number of rotatable bonds is 2. The highest BCUT2D eigenvalue weighted by Gasteiger charge is 2.36. The molecule has 102 valence electrons. The fourth-order valence-electron chi connectivity index (χ4n) is 3.03. The Kier molecular flexibility index (Phi) is 3.22. The second kappa shape index (κ2) is 5.04. The average molecular weight is 268 g/mol. The Hall–Kier alpha value is -2.23. The lowest BCUT2D eigenvalue weighted by Gasteiger charge is -2.30. The lowest BCUT2D eigenvalue weighted by molar-refractivity contribution is -0.137. The Morgan fingerprint density at radius 2 is 2.05 bits per heavy atom. The fraction of sp³-hybridized carbons (Fsp3) is 0.312. The first kappa shape index (κ1) is 12.8. The predicted octanol–water partition coefficient (Wildman–Crippen LogP) is 2.39. The zero-order valence-corrected chi connectivity index (χ0v) is 11.3. The number of carbonyl (C=O) groups is 2. The third-order valence-electron chi connectivity index (χ3n) is 3.99. The Labute approximate surface area is 117 Å². The van der Waals surface area contributed by atoms with Crippen LogP contribution in [-0.2, 0) is 9.59 Å². The SMILES string of the molecule is CCC1C(=O)NC(=O)CC1c1cccc2cccnc12. The maximum Gasteiger partial charge on any atom is 0.230 e. The number of nitrogens with one attached hydrogen (secondary N) is 1. The second-order valence-corrected chi connectivity index (χ2v) is 5.16. The lowest BCUT2D eigenvalue weighted by Crippen LogP contribution is -2.44. The Balaban J connectivity index is 2.13. The van der Waals surface area contributed by atoms with Gasteiger partial charge in [-0.1, -0.05) is 31.2 Å². The third kappa shape index (κ3) is 2.07. The molecular formula is C16H16N2O2. The summed E-state index contributed by atoms with van der Waals surface area (Å²) < 4.78 is 0. The van der Waals surface area contributed by atoms with Crippen molar-refractivity contribution in [2.24, 2.45) is 5.92 Å². The minimum Gasteiger partial charge on any atom is -0.296 e. The summed E-state index contributed by atoms with van der Waals surface area (Å²) in [7, 11) is 0. The molecule has 2 amide bonds. The van der Waals surface area contributed by atoms with Crippen LogP contribution in [0.25, 0.3) is 10.9 Å². The largest absolute Gasteiger partial charge is 0.296 e. The van der Waals surface area contributed by atoms with Crippen molar-refractivity contribution < 1.29 is 9.59 Å². The molecule has 2 aromatic rings. The molecule has 1 N–H and O–H groups in total. The molecule has 0 spiro atoms. The van der Waals surface area contributed by atoms with Crippen LogP contribution in [0.15, 0.2) is 36.5 Å². The van der Waals surface area contributed by atoms with Crippen molar-refractivity contribution in [3.05, 3.63) is 42.1 Å². The number of hydrogen-bond donors (Lipinski definition) is 1. The maximum atomic E-state index is 12.0. The van der Waals surface area contributed by atoms with Gasteiger partial charge < -0.3 is 0 Å². The molecule has 1 aromatic heterocycles. The van der Waals surface area contributed by atoms with Crippen molar-refractivity contribution in [2.45, 2.75) is 25.7 Å². The van der Waals surface area contributed by atoms with Gasteiger partial charge in [-0.05, 0) is 18.1 Å². The highest BCUT2D eigenvalue weighted by Crippen LogP contribution is 2.36. The van der Waals surface area contributed by atoms with Gasteiger partial charge in [0.1, 0.15) is 0 Å². The van der Waals surface area contributed by atoms with E-state index in [9.17, 15) is 9.59 Å². The molecule has 4 heteroatoms. The van der Waals surface area contributed by atoms with Crippen LogP contribution in [0.3, 0.4) is 0 Å². The summed E-state index contributed by atoms with van der Waals surface area (Å²) in [4.78, 5) is 28.1. The van der Waals surface area contributed by atoms with E-state index >= 15 is 0 Å². The van der Waals surface area contributed by atoms with Crippen LogP contribution in [0, 0.1) is 5.92 Å². The number of piperidine rings is 1. The van der Waals surface area contributed by atoms with Gasteiger partial charge in [0.15, 0.2) is 0 Å². The van der Waals surface area contributed by atoms with Gasteiger partial charge in [-0.3, -0.25) is 19.9 Å². The maximum absolute atomic E-state index is 12.0. The summed E-state index contributed by atoms with van der Waals surface area (Å²) in [6.45, 7) is 1.98. The number of amides is 2. The summed E-state index contributed by atoms with van der Waals surface area (Å²) in [5, 5.41) is 3.47. The number of aromatic nitrogens is 1. The molecule has 1 fully saturated rings. The van der Waals surface area contributed by atoms with Crippen molar-refractivity contribution >= 4 is 22.7 Å². The van der Waals surface area contributed by atoms with Crippen LogP contribution < -0.4 is 5.32 Å². The van der Waals surface area contributed by atoms with Gasteiger partial charge in [0.05, 0.1) is 5.52 Å². The van der Waals surface area contributed by atoms with E-state index in [4.69, 9.17) is 0 Å². The summed E-state index contributed by atoms with van der Waals surface area (Å²) in [5.41, 5.74) is 1.89. The van der Waals surface area contributed by atoms with E-state index in [1.54, 1.807) is 6.20 Å². The Morgan fingerprint density at radius 1 is 1.25 bits per heavy atom. The van der Waals surface area contributed by atoms with Crippen LogP contribution in [0.4, 0.5) is 0 Å². The van der Waals surface area contributed by atoms with Gasteiger partial charge in [-0.25, -0.2) is 0 Å². The number of benzene rings is 1. The monoisotopic (exact) mass is 268 g/mol. The molecule has 1 aliphatic rings. The standard InChI is InChI=1S/C16H16N2O2/c1-2-11-13(9-14(19)18-16(11)20)12-7-3-5-10-6-4-8-17-15(10)12/h3-8,11,13H,2,9H2,1H3,(H,18,19,20). The number of carbonyl (C=O) groups excluding carboxylic acids is 2. The average Bonchev–Trinajstić information content (AvgIpc) is 2.46. The minimum absolute atomic E-state index is 0.0835. The quantitative estimate of drug-likeness (QED) is 0.851. The van der Waals surface area contributed by atoms with Gasteiger partial charge >= 0.3 is 0 Å². The van der Waals surface area contributed by atoms with E-state index in [0.717, 1.165) is 16.5 Å². The van der Waals surface area contributed by atoms with E-state index in [2.05, 4.69) is 10.3 Å². The van der Waals surface area contributed by atoms with Gasteiger partial charge in [0, 0.05) is 29.8 Å². The van der Waals surface area contributed by atoms with E-state index < -0.39 is 0 Å². The Bertz CT molecular complexity index is 676. The summed E-state index contributed by atoms with van der Waals surface area (Å²) in [6, 6.07) is 9.83.